The fourth-order valence-corrected chi connectivity index (χ4v) is 3.37. The molecule has 7 nitrogen and oxygen atoms in total. The van der Waals surface area contributed by atoms with Gasteiger partial charge in [-0.2, -0.15) is 0 Å². The number of aromatic nitrogens is 1. The molecule has 29 heavy (non-hydrogen) atoms. The lowest BCUT2D eigenvalue weighted by Gasteiger charge is -2.32. The lowest BCUT2D eigenvalue weighted by molar-refractivity contribution is -0.125. The third-order valence-corrected chi connectivity index (χ3v) is 5.14. The lowest BCUT2D eigenvalue weighted by atomic mass is 9.99. The topological polar surface area (TPSA) is 92.3 Å². The number of carbonyl (C=O) groups is 2. The molecule has 1 fully saturated rings. The Morgan fingerprint density at radius 2 is 2.14 bits per heavy atom. The molecule has 1 saturated heterocycles. The van der Waals surface area contributed by atoms with Crippen LogP contribution >= 0.6 is 11.6 Å². The highest BCUT2D eigenvalue weighted by Crippen LogP contribution is 2.30. The van der Waals surface area contributed by atoms with Gasteiger partial charge in [0.25, 0.3) is 0 Å². The minimum absolute atomic E-state index is 0.0174. The van der Waals surface area contributed by atoms with E-state index in [2.05, 4.69) is 20.9 Å². The van der Waals surface area contributed by atoms with Crippen LogP contribution in [0.1, 0.15) is 49.2 Å². The van der Waals surface area contributed by atoms with E-state index < -0.39 is 6.17 Å². The minimum atomic E-state index is -0.458. The summed E-state index contributed by atoms with van der Waals surface area (Å²) < 4.78 is 5.24. The first-order chi connectivity index (χ1) is 13.9. The smallest absolute Gasteiger partial charge is 0.223 e. The number of rotatable bonds is 6. The first kappa shape index (κ1) is 21.1. The molecule has 2 atom stereocenters. The Kier molecular flexibility index (Phi) is 6.71. The van der Waals surface area contributed by atoms with E-state index in [1.807, 2.05) is 32.0 Å². The molecule has 2 heterocycles. The number of halogens is 1. The van der Waals surface area contributed by atoms with Gasteiger partial charge >= 0.3 is 0 Å². The van der Waals surface area contributed by atoms with Gasteiger partial charge < -0.3 is 15.4 Å². The Labute approximate surface area is 175 Å². The van der Waals surface area contributed by atoms with Gasteiger partial charge in [0.15, 0.2) is 0 Å². The van der Waals surface area contributed by atoms with E-state index in [0.717, 1.165) is 16.7 Å². The van der Waals surface area contributed by atoms with Gasteiger partial charge in [0.1, 0.15) is 11.9 Å². The zero-order valence-corrected chi connectivity index (χ0v) is 17.4. The third kappa shape index (κ3) is 5.25. The number of ether oxygens (including phenoxy) is 1. The zero-order chi connectivity index (χ0) is 21.0. The summed E-state index contributed by atoms with van der Waals surface area (Å²) in [4.78, 5) is 28.4. The van der Waals surface area contributed by atoms with E-state index in [1.54, 1.807) is 25.6 Å². The normalized spacial score (nSPS) is 19.0. The number of nitrogens with one attached hydrogen (secondary N) is 3. The van der Waals surface area contributed by atoms with Gasteiger partial charge in [-0.05, 0) is 29.3 Å². The van der Waals surface area contributed by atoms with Crippen molar-refractivity contribution in [3.63, 3.8) is 0 Å². The summed E-state index contributed by atoms with van der Waals surface area (Å²) in [7, 11) is 1.58. The van der Waals surface area contributed by atoms with Crippen LogP contribution in [0.5, 0.6) is 5.75 Å². The largest absolute Gasteiger partial charge is 0.495 e. The SMILES string of the molecule is COc1cncc(C2CC(=O)NC(c3cc(CNC(=O)C(C)C)ccc3Cl)N2)c1. The van der Waals surface area contributed by atoms with Crippen molar-refractivity contribution in [3.05, 3.63) is 58.4 Å². The molecule has 2 unspecified atom stereocenters. The average Bonchev–Trinajstić information content (AvgIpc) is 2.72. The minimum Gasteiger partial charge on any atom is -0.495 e. The van der Waals surface area contributed by atoms with Crippen LogP contribution in [-0.2, 0) is 16.1 Å². The Morgan fingerprint density at radius 1 is 1.34 bits per heavy atom. The standard InChI is InChI=1S/C21H25ClN4O3/c1-12(2)21(28)24-9-13-4-5-17(22)16(6-13)20-25-18(8-19(27)26-20)14-7-15(29-3)11-23-10-14/h4-7,10-12,18,20,25H,8-9H2,1-3H3,(H,24,28)(H,26,27). The molecule has 8 heteroatoms. The molecule has 0 bridgehead atoms. The predicted octanol–water partition coefficient (Wildman–Crippen LogP) is 2.87. The number of hydrogen-bond acceptors (Lipinski definition) is 5. The van der Waals surface area contributed by atoms with Crippen LogP contribution in [0.3, 0.4) is 0 Å². The van der Waals surface area contributed by atoms with Gasteiger partial charge in [0, 0.05) is 41.7 Å². The maximum Gasteiger partial charge on any atom is 0.223 e. The number of benzene rings is 1. The molecule has 2 amide bonds. The van der Waals surface area contributed by atoms with Crippen molar-refractivity contribution in [2.45, 2.75) is 39.0 Å². The molecule has 3 rings (SSSR count). The second-order valence-electron chi connectivity index (χ2n) is 7.31. The van der Waals surface area contributed by atoms with Crippen LogP contribution < -0.4 is 20.7 Å². The van der Waals surface area contributed by atoms with Gasteiger partial charge in [0.05, 0.1) is 13.3 Å². The van der Waals surface area contributed by atoms with E-state index in [4.69, 9.17) is 16.3 Å². The molecule has 1 aliphatic rings. The van der Waals surface area contributed by atoms with Gasteiger partial charge in [-0.15, -0.1) is 0 Å². The van der Waals surface area contributed by atoms with Gasteiger partial charge in [-0.25, -0.2) is 0 Å². The molecule has 1 aromatic heterocycles. The first-order valence-corrected chi connectivity index (χ1v) is 9.85. The third-order valence-electron chi connectivity index (χ3n) is 4.80. The van der Waals surface area contributed by atoms with Crippen molar-refractivity contribution in [3.8, 4) is 5.75 Å². The lowest BCUT2D eigenvalue weighted by Crippen LogP contribution is -2.46. The molecule has 1 aromatic carbocycles. The molecule has 0 aliphatic carbocycles. The summed E-state index contributed by atoms with van der Waals surface area (Å²) >= 11 is 6.42. The number of methoxy groups -OCH3 is 1. The highest BCUT2D eigenvalue weighted by Gasteiger charge is 2.29. The predicted molar refractivity (Wildman–Crippen MR) is 110 cm³/mol. The monoisotopic (exact) mass is 416 g/mol. The summed E-state index contributed by atoms with van der Waals surface area (Å²) in [5, 5.41) is 9.78. The summed E-state index contributed by atoms with van der Waals surface area (Å²) in [5.41, 5.74) is 2.51. The molecule has 1 aliphatic heterocycles. The van der Waals surface area contributed by atoms with Crippen LogP contribution in [0.4, 0.5) is 0 Å². The zero-order valence-electron chi connectivity index (χ0n) is 16.7. The number of hydrogen-bond donors (Lipinski definition) is 3. The molecular formula is C21H25ClN4O3. The van der Waals surface area contributed by atoms with Crippen LogP contribution in [0.2, 0.25) is 5.02 Å². The summed E-state index contributed by atoms with van der Waals surface area (Å²) in [6.45, 7) is 4.08. The number of carbonyl (C=O) groups excluding carboxylic acids is 2. The second-order valence-corrected chi connectivity index (χ2v) is 7.72. The van der Waals surface area contributed by atoms with Crippen LogP contribution in [-0.4, -0.2) is 23.9 Å². The highest BCUT2D eigenvalue weighted by molar-refractivity contribution is 6.31. The number of amides is 2. The first-order valence-electron chi connectivity index (χ1n) is 9.47. The molecule has 154 valence electrons. The van der Waals surface area contributed by atoms with Crippen molar-refractivity contribution < 1.29 is 14.3 Å². The molecule has 0 radical (unpaired) electrons. The fourth-order valence-electron chi connectivity index (χ4n) is 3.14. The summed E-state index contributed by atoms with van der Waals surface area (Å²) in [6, 6.07) is 7.17. The van der Waals surface area contributed by atoms with Crippen molar-refractivity contribution in [1.82, 2.24) is 20.9 Å². The van der Waals surface area contributed by atoms with E-state index >= 15 is 0 Å². The Bertz CT molecular complexity index is 903. The quantitative estimate of drug-likeness (QED) is 0.673. The van der Waals surface area contributed by atoms with Crippen LogP contribution in [0.25, 0.3) is 0 Å². The van der Waals surface area contributed by atoms with E-state index in [0.29, 0.717) is 17.3 Å². The molecular weight excluding hydrogens is 392 g/mol. The Balaban J connectivity index is 1.80. The summed E-state index contributed by atoms with van der Waals surface area (Å²) in [6.07, 6.45) is 3.17. The fraction of sp³-hybridized carbons (Fsp3) is 0.381. The Hall–Kier alpha value is -2.64. The molecule has 0 saturated carbocycles. The molecule has 2 aromatic rings. The molecule has 3 N–H and O–H groups in total. The van der Waals surface area contributed by atoms with Gasteiger partial charge in [-0.1, -0.05) is 31.5 Å². The van der Waals surface area contributed by atoms with Crippen molar-refractivity contribution in [2.75, 3.05) is 7.11 Å². The Morgan fingerprint density at radius 3 is 2.86 bits per heavy atom. The maximum atomic E-state index is 12.4. The second kappa shape index (κ2) is 9.24. The van der Waals surface area contributed by atoms with Crippen LogP contribution in [0, 0.1) is 5.92 Å². The number of pyridine rings is 1. The molecule has 0 spiro atoms. The van der Waals surface area contributed by atoms with Crippen molar-refractivity contribution >= 4 is 23.4 Å². The maximum absolute atomic E-state index is 12.4. The van der Waals surface area contributed by atoms with Crippen molar-refractivity contribution in [2.24, 2.45) is 5.92 Å². The van der Waals surface area contributed by atoms with E-state index in [-0.39, 0.29) is 30.2 Å². The van der Waals surface area contributed by atoms with Gasteiger partial charge in [0.2, 0.25) is 11.8 Å². The van der Waals surface area contributed by atoms with Gasteiger partial charge in [-0.3, -0.25) is 19.9 Å². The summed E-state index contributed by atoms with van der Waals surface area (Å²) in [5.74, 6) is 0.443. The average molecular weight is 417 g/mol. The van der Waals surface area contributed by atoms with E-state index in [9.17, 15) is 9.59 Å². The van der Waals surface area contributed by atoms with Crippen LogP contribution in [0.15, 0.2) is 36.7 Å². The van der Waals surface area contributed by atoms with E-state index in [1.165, 1.54) is 0 Å². The number of nitrogens with zero attached hydrogens (tertiary/aromatic N) is 1. The van der Waals surface area contributed by atoms with Crippen molar-refractivity contribution in [1.29, 1.82) is 0 Å². The highest BCUT2D eigenvalue weighted by atomic mass is 35.5.